The van der Waals surface area contributed by atoms with Gasteiger partial charge >= 0.3 is 0 Å². The maximum Gasteiger partial charge on any atom is 0.261 e. The van der Waals surface area contributed by atoms with E-state index in [1.165, 1.54) is 19.3 Å². The van der Waals surface area contributed by atoms with Crippen molar-refractivity contribution < 1.29 is 19.8 Å². The third kappa shape index (κ3) is 3.51. The minimum atomic E-state index is -1.57. The first-order valence-electron chi connectivity index (χ1n) is 6.31. The van der Waals surface area contributed by atoms with Gasteiger partial charge in [0.15, 0.2) is 12.2 Å². The molecule has 17 heavy (non-hydrogen) atoms. The standard InChI is InChI=1S/C12H21NO4/c1-2-3-4-5-6-7-8-13-11(16)9(14)10(15)12(13)17/h9-10,14-15H,2-8H2,1H3/t9-,10+. The molecule has 2 atom stereocenters. The fourth-order valence-corrected chi connectivity index (χ4v) is 1.97. The number of aliphatic hydroxyl groups is 2. The van der Waals surface area contributed by atoms with Gasteiger partial charge in [-0.25, -0.2) is 0 Å². The highest BCUT2D eigenvalue weighted by Gasteiger charge is 2.45. The van der Waals surface area contributed by atoms with Crippen molar-refractivity contribution >= 4 is 11.8 Å². The summed E-state index contributed by atoms with van der Waals surface area (Å²) < 4.78 is 0. The van der Waals surface area contributed by atoms with Crippen LogP contribution in [0.1, 0.15) is 45.4 Å². The van der Waals surface area contributed by atoms with E-state index in [0.29, 0.717) is 6.54 Å². The van der Waals surface area contributed by atoms with E-state index >= 15 is 0 Å². The van der Waals surface area contributed by atoms with Crippen LogP contribution in [0.2, 0.25) is 0 Å². The Hall–Kier alpha value is -0.940. The van der Waals surface area contributed by atoms with Crippen molar-refractivity contribution in [1.29, 1.82) is 0 Å². The van der Waals surface area contributed by atoms with Gasteiger partial charge in [0.05, 0.1) is 0 Å². The molecule has 5 heteroatoms. The lowest BCUT2D eigenvalue weighted by Gasteiger charge is -2.13. The summed E-state index contributed by atoms with van der Waals surface area (Å²) in [5.41, 5.74) is 0. The minimum Gasteiger partial charge on any atom is -0.380 e. The molecule has 1 saturated heterocycles. The Labute approximate surface area is 101 Å². The smallest absolute Gasteiger partial charge is 0.261 e. The van der Waals surface area contributed by atoms with Crippen molar-refractivity contribution in [2.75, 3.05) is 6.54 Å². The van der Waals surface area contributed by atoms with E-state index < -0.39 is 24.0 Å². The van der Waals surface area contributed by atoms with E-state index in [4.69, 9.17) is 0 Å². The number of hydrogen-bond donors (Lipinski definition) is 2. The average Bonchev–Trinajstić information content (AvgIpc) is 2.50. The molecule has 0 spiro atoms. The molecule has 0 saturated carbocycles. The molecule has 1 rings (SSSR count). The number of unbranched alkanes of at least 4 members (excludes halogenated alkanes) is 5. The Bertz CT molecular complexity index is 260. The highest BCUT2D eigenvalue weighted by molar-refractivity contribution is 6.07. The molecule has 1 aliphatic rings. The first-order valence-corrected chi connectivity index (χ1v) is 6.31. The van der Waals surface area contributed by atoms with Gasteiger partial charge in [0.25, 0.3) is 11.8 Å². The summed E-state index contributed by atoms with van der Waals surface area (Å²) in [6, 6.07) is 0. The molecule has 2 N–H and O–H groups in total. The zero-order valence-electron chi connectivity index (χ0n) is 10.3. The Morgan fingerprint density at radius 1 is 0.941 bits per heavy atom. The van der Waals surface area contributed by atoms with Crippen LogP contribution in [0.4, 0.5) is 0 Å². The lowest BCUT2D eigenvalue weighted by Crippen LogP contribution is -2.33. The second-order valence-electron chi connectivity index (χ2n) is 4.49. The van der Waals surface area contributed by atoms with E-state index in [9.17, 15) is 19.8 Å². The molecule has 0 aromatic heterocycles. The molecule has 0 unspecified atom stereocenters. The molecular formula is C12H21NO4. The quantitative estimate of drug-likeness (QED) is 0.502. The third-order valence-corrected chi connectivity index (χ3v) is 3.07. The Kier molecular flexibility index (Phi) is 5.58. The highest BCUT2D eigenvalue weighted by atomic mass is 16.4. The number of aliphatic hydroxyl groups excluding tert-OH is 2. The predicted molar refractivity (Wildman–Crippen MR) is 62.1 cm³/mol. The summed E-state index contributed by atoms with van der Waals surface area (Å²) in [6.45, 7) is 2.45. The van der Waals surface area contributed by atoms with E-state index in [1.54, 1.807) is 0 Å². The van der Waals surface area contributed by atoms with Crippen molar-refractivity contribution in [2.24, 2.45) is 0 Å². The molecule has 1 heterocycles. The summed E-state index contributed by atoms with van der Waals surface area (Å²) in [7, 11) is 0. The van der Waals surface area contributed by atoms with Crippen molar-refractivity contribution in [2.45, 2.75) is 57.7 Å². The van der Waals surface area contributed by atoms with Crippen LogP contribution in [0, 0.1) is 0 Å². The molecule has 1 aliphatic heterocycles. The maximum absolute atomic E-state index is 11.4. The summed E-state index contributed by atoms with van der Waals surface area (Å²) in [5.74, 6) is -1.34. The van der Waals surface area contributed by atoms with Gasteiger partial charge in [0.2, 0.25) is 0 Å². The van der Waals surface area contributed by atoms with Crippen LogP contribution in [0.5, 0.6) is 0 Å². The number of carbonyl (C=O) groups is 2. The fourth-order valence-electron chi connectivity index (χ4n) is 1.97. The van der Waals surface area contributed by atoms with Gasteiger partial charge in [-0.05, 0) is 6.42 Å². The van der Waals surface area contributed by atoms with Crippen LogP contribution in [0.25, 0.3) is 0 Å². The summed E-state index contributed by atoms with van der Waals surface area (Å²) in [6.07, 6.45) is 3.22. The second kappa shape index (κ2) is 6.71. The number of rotatable bonds is 7. The third-order valence-electron chi connectivity index (χ3n) is 3.07. The highest BCUT2D eigenvalue weighted by Crippen LogP contribution is 2.15. The van der Waals surface area contributed by atoms with Crippen molar-refractivity contribution in [3.63, 3.8) is 0 Å². The first kappa shape index (κ1) is 14.1. The monoisotopic (exact) mass is 243 g/mol. The van der Waals surface area contributed by atoms with Gasteiger partial charge in [-0.1, -0.05) is 39.0 Å². The number of carbonyl (C=O) groups excluding carboxylic acids is 2. The maximum atomic E-state index is 11.4. The molecule has 5 nitrogen and oxygen atoms in total. The molecule has 0 aromatic rings. The zero-order valence-corrected chi connectivity index (χ0v) is 10.3. The Morgan fingerprint density at radius 3 is 1.94 bits per heavy atom. The van der Waals surface area contributed by atoms with E-state index in [2.05, 4.69) is 6.92 Å². The van der Waals surface area contributed by atoms with Crippen molar-refractivity contribution in [3.8, 4) is 0 Å². The SMILES string of the molecule is CCCCCCCCN1C(=O)[C@@H](O)[C@@H](O)C1=O. The molecule has 2 amide bonds. The molecule has 1 fully saturated rings. The Balaban J connectivity index is 2.23. The van der Waals surface area contributed by atoms with Gasteiger partial charge in [-0.2, -0.15) is 0 Å². The molecule has 98 valence electrons. The van der Waals surface area contributed by atoms with Gasteiger partial charge in [0, 0.05) is 6.54 Å². The van der Waals surface area contributed by atoms with Gasteiger partial charge in [0.1, 0.15) is 0 Å². The summed E-state index contributed by atoms with van der Waals surface area (Å²) in [4.78, 5) is 23.7. The predicted octanol–water partition coefficient (Wildman–Crippen LogP) is 0.437. The molecule has 0 aromatic carbocycles. The van der Waals surface area contributed by atoms with E-state index in [-0.39, 0.29) is 0 Å². The molecule has 0 aliphatic carbocycles. The second-order valence-corrected chi connectivity index (χ2v) is 4.49. The summed E-state index contributed by atoms with van der Waals surface area (Å²) >= 11 is 0. The minimum absolute atomic E-state index is 0.303. The van der Waals surface area contributed by atoms with Crippen LogP contribution in [0.15, 0.2) is 0 Å². The fraction of sp³-hybridized carbons (Fsp3) is 0.833. The Morgan fingerprint density at radius 2 is 1.41 bits per heavy atom. The van der Waals surface area contributed by atoms with Crippen LogP contribution in [-0.4, -0.2) is 45.7 Å². The normalized spacial score (nSPS) is 24.8. The first-order chi connectivity index (χ1) is 8.09. The van der Waals surface area contributed by atoms with Crippen LogP contribution < -0.4 is 0 Å². The number of nitrogens with zero attached hydrogens (tertiary/aromatic N) is 1. The topological polar surface area (TPSA) is 77.8 Å². The molecule has 0 bridgehead atoms. The van der Waals surface area contributed by atoms with Crippen LogP contribution in [0.3, 0.4) is 0 Å². The van der Waals surface area contributed by atoms with E-state index in [0.717, 1.165) is 24.2 Å². The van der Waals surface area contributed by atoms with E-state index in [1.807, 2.05) is 0 Å². The van der Waals surface area contributed by atoms with Crippen LogP contribution in [-0.2, 0) is 9.59 Å². The van der Waals surface area contributed by atoms with Gasteiger partial charge < -0.3 is 10.2 Å². The van der Waals surface area contributed by atoms with Crippen molar-refractivity contribution in [3.05, 3.63) is 0 Å². The average molecular weight is 243 g/mol. The largest absolute Gasteiger partial charge is 0.380 e. The lowest BCUT2D eigenvalue weighted by atomic mass is 10.1. The number of likely N-dealkylation sites (tertiary alicyclic amines) is 1. The van der Waals surface area contributed by atoms with Crippen molar-refractivity contribution in [1.82, 2.24) is 4.90 Å². The van der Waals surface area contributed by atoms with Crippen LogP contribution >= 0.6 is 0 Å². The zero-order chi connectivity index (χ0) is 12.8. The number of imide groups is 1. The van der Waals surface area contributed by atoms with Gasteiger partial charge in [-0.15, -0.1) is 0 Å². The number of hydrogen-bond acceptors (Lipinski definition) is 4. The molecular weight excluding hydrogens is 222 g/mol. The number of amides is 2. The molecule has 0 radical (unpaired) electrons. The summed E-state index contributed by atoms with van der Waals surface area (Å²) in [5, 5.41) is 18.4. The van der Waals surface area contributed by atoms with Gasteiger partial charge in [-0.3, -0.25) is 14.5 Å². The lowest BCUT2D eigenvalue weighted by molar-refractivity contribution is -0.141.